The molecule has 10 nitrogen and oxygen atoms in total. The Balaban J connectivity index is 0.000000338. The molecule has 0 atom stereocenters. The number of benzene rings is 2. The molecule has 0 amide bonds. The summed E-state index contributed by atoms with van der Waals surface area (Å²) >= 11 is 0. The minimum atomic E-state index is -3.65. The van der Waals surface area contributed by atoms with Gasteiger partial charge in [0.1, 0.15) is 16.5 Å². The van der Waals surface area contributed by atoms with Gasteiger partial charge in [-0.15, -0.1) is 10.2 Å². The Morgan fingerprint density at radius 1 is 1.14 bits per heavy atom. The fourth-order valence-electron chi connectivity index (χ4n) is 2.98. The third kappa shape index (κ3) is 7.06. The number of nitrogens with two attached hydrogens (primary N) is 1. The Labute approximate surface area is 208 Å². The topological polar surface area (TPSA) is 157 Å². The second-order valence-electron chi connectivity index (χ2n) is 8.09. The van der Waals surface area contributed by atoms with Gasteiger partial charge in [0.05, 0.1) is 5.56 Å². The van der Waals surface area contributed by atoms with Gasteiger partial charge in [0, 0.05) is 30.7 Å². The molecule has 190 valence electrons. The van der Waals surface area contributed by atoms with Crippen molar-refractivity contribution < 1.29 is 22.3 Å². The lowest BCUT2D eigenvalue weighted by Gasteiger charge is -2.08. The molecule has 0 bridgehead atoms. The highest BCUT2D eigenvalue weighted by Gasteiger charge is 2.17. The molecule has 2 aromatic carbocycles. The van der Waals surface area contributed by atoms with Crippen LogP contribution in [-0.4, -0.2) is 46.6 Å². The first kappa shape index (κ1) is 26.7. The number of aliphatic hydroxyl groups is 1. The fourth-order valence-corrected chi connectivity index (χ4v) is 3.71. The van der Waals surface area contributed by atoms with Gasteiger partial charge in [-0.1, -0.05) is 44.2 Å². The molecule has 0 aliphatic heterocycles. The third-order valence-electron chi connectivity index (χ3n) is 4.81. The zero-order chi connectivity index (χ0) is 26.3. The minimum Gasteiger partial charge on any atom is -0.420 e. The Hall–Kier alpha value is -3.90. The van der Waals surface area contributed by atoms with Crippen LogP contribution in [0.3, 0.4) is 0 Å². The first-order valence-electron chi connectivity index (χ1n) is 11.0. The lowest BCUT2D eigenvalue weighted by atomic mass is 10.2. The summed E-state index contributed by atoms with van der Waals surface area (Å²) in [4.78, 5) is 7.79. The van der Waals surface area contributed by atoms with Gasteiger partial charge >= 0.3 is 0 Å². The number of rotatable bonds is 7. The number of nitrogens with one attached hydrogen (secondary N) is 1. The number of anilines is 3. The average molecular weight is 515 g/mol. The van der Waals surface area contributed by atoms with Crippen molar-refractivity contribution in [3.63, 3.8) is 0 Å². The SMILES string of the molecule is CC(C)c1nnc(-c2cnc(Nc3ccc(S(C)(=O)=O)c(F)c3)nc2N)o1.OCCc1ccccc1. The van der Waals surface area contributed by atoms with Gasteiger partial charge in [-0.05, 0) is 30.2 Å². The number of hydrogen-bond acceptors (Lipinski definition) is 10. The lowest BCUT2D eigenvalue weighted by molar-refractivity contribution is 0.299. The van der Waals surface area contributed by atoms with Crippen molar-refractivity contribution in [3.05, 3.63) is 72.0 Å². The van der Waals surface area contributed by atoms with E-state index in [4.69, 9.17) is 15.3 Å². The van der Waals surface area contributed by atoms with Crippen molar-refractivity contribution in [1.82, 2.24) is 20.2 Å². The highest BCUT2D eigenvalue weighted by atomic mass is 32.2. The molecule has 0 radical (unpaired) electrons. The van der Waals surface area contributed by atoms with Crippen LogP contribution < -0.4 is 11.1 Å². The smallest absolute Gasteiger partial charge is 0.253 e. The molecule has 0 spiro atoms. The van der Waals surface area contributed by atoms with E-state index in [0.29, 0.717) is 11.5 Å². The van der Waals surface area contributed by atoms with E-state index in [-0.39, 0.29) is 40.8 Å². The Morgan fingerprint density at radius 2 is 1.86 bits per heavy atom. The van der Waals surface area contributed by atoms with Gasteiger partial charge in [0.15, 0.2) is 9.84 Å². The van der Waals surface area contributed by atoms with Gasteiger partial charge in [-0.3, -0.25) is 0 Å². The van der Waals surface area contributed by atoms with Crippen molar-refractivity contribution in [3.8, 4) is 11.5 Å². The number of nitrogens with zero attached hydrogens (tertiary/aromatic N) is 4. The number of aliphatic hydroxyl groups excluding tert-OH is 1. The van der Waals surface area contributed by atoms with Gasteiger partial charge in [0.2, 0.25) is 11.8 Å². The van der Waals surface area contributed by atoms with E-state index in [1.807, 2.05) is 44.2 Å². The van der Waals surface area contributed by atoms with E-state index < -0.39 is 15.7 Å². The highest BCUT2D eigenvalue weighted by molar-refractivity contribution is 7.90. The van der Waals surface area contributed by atoms with Crippen LogP contribution in [0.1, 0.15) is 31.2 Å². The zero-order valence-electron chi connectivity index (χ0n) is 20.0. The zero-order valence-corrected chi connectivity index (χ0v) is 20.8. The van der Waals surface area contributed by atoms with E-state index in [1.165, 1.54) is 17.8 Å². The standard InChI is InChI=1S/C16H17FN6O3S.C8H10O/c1-8(2)14-22-23-15(26-14)10-7-19-16(21-13(10)18)20-9-4-5-12(11(17)6-9)27(3,24)25;9-7-6-8-4-2-1-3-5-8/h4-8H,1-3H3,(H3,18,19,20,21);1-5,9H,6-7H2. The van der Waals surface area contributed by atoms with Crippen molar-refractivity contribution in [2.45, 2.75) is 31.1 Å². The number of halogens is 1. The quantitative estimate of drug-likeness (QED) is 0.332. The molecule has 0 unspecified atom stereocenters. The maximum atomic E-state index is 14.0. The summed E-state index contributed by atoms with van der Waals surface area (Å²) < 4.78 is 42.4. The van der Waals surface area contributed by atoms with E-state index in [9.17, 15) is 12.8 Å². The number of nitrogen functional groups attached to an aromatic ring is 1. The maximum Gasteiger partial charge on any atom is 0.253 e. The molecule has 2 aromatic heterocycles. The Kier molecular flexibility index (Phi) is 8.67. The van der Waals surface area contributed by atoms with Crippen LogP contribution in [0.2, 0.25) is 0 Å². The highest BCUT2D eigenvalue weighted by Crippen LogP contribution is 2.26. The number of sulfone groups is 1. The predicted octanol–water partition coefficient (Wildman–Crippen LogP) is 3.74. The van der Waals surface area contributed by atoms with Crippen LogP contribution in [0, 0.1) is 5.82 Å². The molecule has 2 heterocycles. The Morgan fingerprint density at radius 3 is 2.42 bits per heavy atom. The normalized spacial score (nSPS) is 11.2. The van der Waals surface area contributed by atoms with Crippen LogP contribution in [-0.2, 0) is 16.3 Å². The predicted molar refractivity (Wildman–Crippen MR) is 134 cm³/mol. The molecular formula is C24H27FN6O4S. The minimum absolute atomic E-state index is 0.0686. The summed E-state index contributed by atoms with van der Waals surface area (Å²) in [6.45, 7) is 4.07. The maximum absolute atomic E-state index is 14.0. The second-order valence-corrected chi connectivity index (χ2v) is 10.1. The summed E-state index contributed by atoms with van der Waals surface area (Å²) in [7, 11) is -3.65. The van der Waals surface area contributed by atoms with Crippen LogP contribution in [0.4, 0.5) is 21.8 Å². The summed E-state index contributed by atoms with van der Waals surface area (Å²) in [6.07, 6.45) is 3.10. The van der Waals surface area contributed by atoms with Crippen molar-refractivity contribution in [1.29, 1.82) is 0 Å². The molecule has 12 heteroatoms. The molecule has 0 aliphatic rings. The first-order chi connectivity index (χ1) is 17.1. The van der Waals surface area contributed by atoms with E-state index in [0.717, 1.165) is 24.8 Å². The van der Waals surface area contributed by atoms with Gasteiger partial charge in [-0.25, -0.2) is 17.8 Å². The fraction of sp³-hybridized carbons (Fsp3) is 0.250. The summed E-state index contributed by atoms with van der Waals surface area (Å²) in [6, 6.07) is 13.6. The van der Waals surface area contributed by atoms with E-state index >= 15 is 0 Å². The van der Waals surface area contributed by atoms with Crippen molar-refractivity contribution in [2.75, 3.05) is 23.9 Å². The molecule has 0 aliphatic carbocycles. The Bertz CT molecular complexity index is 1410. The van der Waals surface area contributed by atoms with Crippen LogP contribution in [0.25, 0.3) is 11.5 Å². The first-order valence-corrected chi connectivity index (χ1v) is 12.8. The average Bonchev–Trinajstić information content (AvgIpc) is 3.30. The summed E-state index contributed by atoms with van der Waals surface area (Å²) in [5, 5.41) is 19.1. The van der Waals surface area contributed by atoms with E-state index in [2.05, 4.69) is 25.5 Å². The molecule has 0 saturated carbocycles. The van der Waals surface area contributed by atoms with Gasteiger partial charge in [0.25, 0.3) is 5.89 Å². The van der Waals surface area contributed by atoms with Gasteiger partial charge in [-0.2, -0.15) is 4.98 Å². The molecule has 36 heavy (non-hydrogen) atoms. The van der Waals surface area contributed by atoms with E-state index in [1.54, 1.807) is 0 Å². The second kappa shape index (κ2) is 11.7. The molecule has 4 rings (SSSR count). The molecule has 0 saturated heterocycles. The van der Waals surface area contributed by atoms with Crippen LogP contribution >= 0.6 is 0 Å². The third-order valence-corrected chi connectivity index (χ3v) is 5.94. The summed E-state index contributed by atoms with van der Waals surface area (Å²) in [5.41, 5.74) is 7.77. The number of aromatic nitrogens is 4. The molecule has 4 N–H and O–H groups in total. The van der Waals surface area contributed by atoms with Crippen LogP contribution in [0.5, 0.6) is 0 Å². The monoisotopic (exact) mass is 514 g/mol. The van der Waals surface area contributed by atoms with Crippen molar-refractivity contribution in [2.24, 2.45) is 0 Å². The van der Waals surface area contributed by atoms with Crippen molar-refractivity contribution >= 4 is 27.3 Å². The van der Waals surface area contributed by atoms with Crippen LogP contribution in [0.15, 0.2) is 64.0 Å². The number of hydrogen-bond donors (Lipinski definition) is 3. The van der Waals surface area contributed by atoms with Gasteiger partial charge < -0.3 is 20.6 Å². The summed E-state index contributed by atoms with van der Waals surface area (Å²) in [5.74, 6) is 0.0590. The lowest BCUT2D eigenvalue weighted by Crippen LogP contribution is -2.04. The molecular weight excluding hydrogens is 487 g/mol. The molecule has 4 aromatic rings. The molecule has 0 fully saturated rings. The largest absolute Gasteiger partial charge is 0.420 e.